The molecule has 1 aliphatic carbocycles. The number of rotatable bonds is 7. The van der Waals surface area contributed by atoms with Crippen LogP contribution >= 0.6 is 0 Å². The molecule has 0 aliphatic heterocycles. The van der Waals surface area contributed by atoms with Crippen LogP contribution in [0.15, 0.2) is 24.3 Å². The van der Waals surface area contributed by atoms with Gasteiger partial charge in [-0.05, 0) is 50.8 Å². The summed E-state index contributed by atoms with van der Waals surface area (Å²) in [5.74, 6) is 0.506. The molecule has 1 N–H and O–H groups in total. The van der Waals surface area contributed by atoms with Crippen LogP contribution in [0.4, 0.5) is 5.69 Å². The van der Waals surface area contributed by atoms with E-state index in [1.54, 1.807) is 0 Å². The molecule has 2 rings (SSSR count). The van der Waals surface area contributed by atoms with Crippen LogP contribution in [-0.2, 0) is 0 Å². The molecule has 3 nitrogen and oxygen atoms in total. The number of benzene rings is 1. The maximum absolute atomic E-state index is 9.71. The number of nitriles is 1. The molecule has 1 aliphatic rings. The lowest BCUT2D eigenvalue weighted by Crippen LogP contribution is -2.54. The maximum atomic E-state index is 9.71. The molecular formula is C17H25N3. The van der Waals surface area contributed by atoms with E-state index in [0.717, 1.165) is 19.5 Å². The van der Waals surface area contributed by atoms with Crippen LogP contribution in [-0.4, -0.2) is 25.7 Å². The Balaban J connectivity index is 2.10. The van der Waals surface area contributed by atoms with Crippen molar-refractivity contribution in [3.05, 3.63) is 29.8 Å². The number of nitrogens with zero attached hydrogens (tertiary/aromatic N) is 2. The van der Waals surface area contributed by atoms with Crippen LogP contribution in [0.2, 0.25) is 0 Å². The Bertz CT molecular complexity index is 470. The van der Waals surface area contributed by atoms with Crippen LogP contribution in [0, 0.1) is 24.2 Å². The fraction of sp³-hybridized carbons (Fsp3) is 0.588. The molecule has 0 radical (unpaired) electrons. The van der Waals surface area contributed by atoms with E-state index in [4.69, 9.17) is 0 Å². The summed E-state index contributed by atoms with van der Waals surface area (Å²) in [5, 5.41) is 13.2. The molecular weight excluding hydrogens is 246 g/mol. The first-order chi connectivity index (χ1) is 9.61. The first-order valence-electron chi connectivity index (χ1n) is 7.55. The molecule has 0 aromatic heterocycles. The number of hydrogen-bond donors (Lipinski definition) is 1. The van der Waals surface area contributed by atoms with Gasteiger partial charge >= 0.3 is 0 Å². The van der Waals surface area contributed by atoms with Crippen molar-refractivity contribution >= 4 is 5.69 Å². The summed E-state index contributed by atoms with van der Waals surface area (Å²) in [7, 11) is 2.08. The van der Waals surface area contributed by atoms with E-state index >= 15 is 0 Å². The Morgan fingerprint density at radius 1 is 1.35 bits per heavy atom. The zero-order chi connectivity index (χ0) is 14.6. The molecule has 0 amide bonds. The second-order valence-electron chi connectivity index (χ2n) is 5.98. The van der Waals surface area contributed by atoms with Crippen molar-refractivity contribution < 1.29 is 0 Å². The van der Waals surface area contributed by atoms with Crippen molar-refractivity contribution in [2.24, 2.45) is 5.92 Å². The molecule has 1 saturated carbocycles. The van der Waals surface area contributed by atoms with E-state index in [1.807, 2.05) is 0 Å². The first kappa shape index (κ1) is 14.9. The van der Waals surface area contributed by atoms with E-state index in [-0.39, 0.29) is 0 Å². The molecule has 0 saturated heterocycles. The van der Waals surface area contributed by atoms with Crippen molar-refractivity contribution in [1.29, 1.82) is 5.26 Å². The smallest absolute Gasteiger partial charge is 0.127 e. The Labute approximate surface area is 122 Å². The summed E-state index contributed by atoms with van der Waals surface area (Å²) in [6.45, 7) is 5.89. The average Bonchev–Trinajstić information content (AvgIpc) is 3.29. The standard InChI is InChI=1S/C17H25N3/c1-4-11-19-17(12-18,15-7-8-15)13-20(3)16-9-5-14(2)6-10-16/h5-6,9-10,15,19H,4,7-8,11,13H2,1-3H3. The maximum Gasteiger partial charge on any atom is 0.127 e. The Morgan fingerprint density at radius 2 is 2.00 bits per heavy atom. The highest BCUT2D eigenvalue weighted by Crippen LogP contribution is 2.40. The molecule has 0 spiro atoms. The van der Waals surface area contributed by atoms with Crippen molar-refractivity contribution in [2.45, 2.75) is 38.6 Å². The highest BCUT2D eigenvalue weighted by Gasteiger charge is 2.46. The molecule has 20 heavy (non-hydrogen) atoms. The quantitative estimate of drug-likeness (QED) is 0.828. The van der Waals surface area contributed by atoms with Crippen molar-refractivity contribution in [3.63, 3.8) is 0 Å². The number of anilines is 1. The van der Waals surface area contributed by atoms with Gasteiger partial charge in [-0.3, -0.25) is 5.32 Å². The summed E-state index contributed by atoms with van der Waals surface area (Å²) in [6.07, 6.45) is 3.41. The second-order valence-corrected chi connectivity index (χ2v) is 5.98. The van der Waals surface area contributed by atoms with Gasteiger partial charge in [-0.1, -0.05) is 24.6 Å². The van der Waals surface area contributed by atoms with E-state index in [1.165, 1.54) is 24.1 Å². The van der Waals surface area contributed by atoms with Gasteiger partial charge in [-0.15, -0.1) is 0 Å². The molecule has 3 heteroatoms. The Hall–Kier alpha value is -1.53. The van der Waals surface area contributed by atoms with Gasteiger partial charge in [0.2, 0.25) is 0 Å². The van der Waals surface area contributed by atoms with Crippen molar-refractivity contribution in [3.8, 4) is 6.07 Å². The highest BCUT2D eigenvalue weighted by atomic mass is 15.2. The monoisotopic (exact) mass is 271 g/mol. The second kappa shape index (κ2) is 6.28. The average molecular weight is 271 g/mol. The molecule has 108 valence electrons. The van der Waals surface area contributed by atoms with E-state index in [9.17, 15) is 5.26 Å². The Kier molecular flexibility index (Phi) is 4.67. The molecule has 1 aromatic carbocycles. The minimum atomic E-state index is -0.393. The zero-order valence-electron chi connectivity index (χ0n) is 12.8. The zero-order valence-corrected chi connectivity index (χ0v) is 12.8. The minimum Gasteiger partial charge on any atom is -0.372 e. The van der Waals surface area contributed by atoms with Gasteiger partial charge in [0.25, 0.3) is 0 Å². The number of nitrogens with one attached hydrogen (secondary N) is 1. The largest absolute Gasteiger partial charge is 0.372 e. The van der Waals surface area contributed by atoms with E-state index < -0.39 is 5.54 Å². The molecule has 0 heterocycles. The summed E-state index contributed by atoms with van der Waals surface area (Å²) < 4.78 is 0. The molecule has 1 fully saturated rings. The first-order valence-corrected chi connectivity index (χ1v) is 7.55. The number of hydrogen-bond acceptors (Lipinski definition) is 3. The van der Waals surface area contributed by atoms with Crippen LogP contribution < -0.4 is 10.2 Å². The van der Waals surface area contributed by atoms with Gasteiger partial charge in [0.15, 0.2) is 0 Å². The molecule has 0 bridgehead atoms. The van der Waals surface area contributed by atoms with Crippen LogP contribution in [0.25, 0.3) is 0 Å². The van der Waals surface area contributed by atoms with E-state index in [0.29, 0.717) is 5.92 Å². The van der Waals surface area contributed by atoms with Crippen LogP contribution in [0.5, 0.6) is 0 Å². The number of aryl methyl sites for hydroxylation is 1. The summed E-state index contributed by atoms with van der Waals surface area (Å²) in [5.41, 5.74) is 2.05. The van der Waals surface area contributed by atoms with Crippen molar-refractivity contribution in [1.82, 2.24) is 5.32 Å². The molecule has 1 unspecified atom stereocenters. The fourth-order valence-corrected chi connectivity index (χ4v) is 2.68. The number of likely N-dealkylation sites (N-methyl/N-ethyl adjacent to an activating group) is 1. The van der Waals surface area contributed by atoms with Crippen LogP contribution in [0.1, 0.15) is 31.7 Å². The van der Waals surface area contributed by atoms with Gasteiger partial charge in [0.05, 0.1) is 6.07 Å². The topological polar surface area (TPSA) is 39.1 Å². The predicted molar refractivity (Wildman–Crippen MR) is 83.8 cm³/mol. The fourth-order valence-electron chi connectivity index (χ4n) is 2.68. The molecule has 1 aromatic rings. The molecule has 1 atom stereocenters. The summed E-state index contributed by atoms with van der Waals surface area (Å²) in [6, 6.07) is 11.1. The highest BCUT2D eigenvalue weighted by molar-refractivity contribution is 5.48. The third kappa shape index (κ3) is 3.32. The van der Waals surface area contributed by atoms with Gasteiger partial charge in [-0.25, -0.2) is 0 Å². The van der Waals surface area contributed by atoms with Gasteiger partial charge in [-0.2, -0.15) is 5.26 Å². The van der Waals surface area contributed by atoms with E-state index in [2.05, 4.69) is 61.4 Å². The SMILES string of the molecule is CCCNC(C#N)(CN(C)c1ccc(C)cc1)C1CC1. The predicted octanol–water partition coefficient (Wildman–Crippen LogP) is 3.10. The van der Waals surface area contributed by atoms with Gasteiger partial charge in [0.1, 0.15) is 5.54 Å². The normalized spacial score (nSPS) is 17.3. The lowest BCUT2D eigenvalue weighted by molar-refractivity contribution is 0.369. The van der Waals surface area contributed by atoms with Gasteiger partial charge < -0.3 is 4.90 Å². The summed E-state index contributed by atoms with van der Waals surface area (Å²) >= 11 is 0. The lowest BCUT2D eigenvalue weighted by atomic mass is 9.93. The third-order valence-electron chi connectivity index (χ3n) is 4.13. The third-order valence-corrected chi connectivity index (χ3v) is 4.13. The minimum absolute atomic E-state index is 0.393. The summed E-state index contributed by atoms with van der Waals surface area (Å²) in [4.78, 5) is 2.20. The van der Waals surface area contributed by atoms with Gasteiger partial charge in [0, 0.05) is 19.3 Å². The Morgan fingerprint density at radius 3 is 2.50 bits per heavy atom. The van der Waals surface area contributed by atoms with Crippen molar-refractivity contribution in [2.75, 3.05) is 25.0 Å². The van der Waals surface area contributed by atoms with Crippen LogP contribution in [0.3, 0.4) is 0 Å². The lowest BCUT2D eigenvalue weighted by Gasteiger charge is -2.33.